The number of phenols is 1. The first-order chi connectivity index (χ1) is 10.9. The van der Waals surface area contributed by atoms with Crippen molar-refractivity contribution in [2.75, 3.05) is 29.2 Å². The summed E-state index contributed by atoms with van der Waals surface area (Å²) in [5, 5.41) is 16.3. The standard InChI is InChI=1S/C19H23ClN2O/c1-19(2,3)22-10-11(9-20)17-15(22)8-16(23)13-4-5-14-12(18(13)17)6-7-21-14/h4-5,8,11,21,23H,6-7,9-10H2,1-3H3. The van der Waals surface area contributed by atoms with Gasteiger partial charge in [0.1, 0.15) is 5.75 Å². The number of halogens is 1. The molecule has 2 aliphatic heterocycles. The average molecular weight is 331 g/mol. The number of alkyl halides is 1. The Bertz CT molecular complexity index is 794. The van der Waals surface area contributed by atoms with Crippen molar-refractivity contribution >= 4 is 33.7 Å². The Morgan fingerprint density at radius 1 is 1.35 bits per heavy atom. The van der Waals surface area contributed by atoms with Crippen LogP contribution < -0.4 is 10.2 Å². The van der Waals surface area contributed by atoms with Crippen LogP contribution in [0.3, 0.4) is 0 Å². The van der Waals surface area contributed by atoms with E-state index in [1.807, 2.05) is 12.1 Å². The lowest BCUT2D eigenvalue weighted by molar-refractivity contribution is 0.479. The van der Waals surface area contributed by atoms with Gasteiger partial charge in [-0.2, -0.15) is 0 Å². The Labute approximate surface area is 142 Å². The quantitative estimate of drug-likeness (QED) is 0.758. The summed E-state index contributed by atoms with van der Waals surface area (Å²) in [4.78, 5) is 2.39. The number of hydrogen-bond donors (Lipinski definition) is 2. The minimum absolute atomic E-state index is 0.00583. The summed E-state index contributed by atoms with van der Waals surface area (Å²) >= 11 is 6.34. The highest BCUT2D eigenvalue weighted by Crippen LogP contribution is 2.49. The fourth-order valence-electron chi connectivity index (χ4n) is 4.14. The molecule has 0 saturated heterocycles. The SMILES string of the molecule is CC(C)(C)N1CC(CCl)c2c1cc(O)c1ccc3c(c21)CCN3. The van der Waals surface area contributed by atoms with Gasteiger partial charge in [0, 0.05) is 53.3 Å². The number of nitrogens with zero attached hydrogens (tertiary/aromatic N) is 1. The fraction of sp³-hybridized carbons (Fsp3) is 0.474. The lowest BCUT2D eigenvalue weighted by atomic mass is 9.91. The van der Waals surface area contributed by atoms with Crippen molar-refractivity contribution in [3.63, 3.8) is 0 Å². The van der Waals surface area contributed by atoms with Crippen LogP contribution in [-0.4, -0.2) is 29.6 Å². The first-order valence-corrected chi connectivity index (χ1v) is 8.84. The van der Waals surface area contributed by atoms with Crippen molar-refractivity contribution in [3.8, 4) is 5.75 Å². The monoisotopic (exact) mass is 330 g/mol. The van der Waals surface area contributed by atoms with E-state index < -0.39 is 0 Å². The van der Waals surface area contributed by atoms with Gasteiger partial charge in [-0.25, -0.2) is 0 Å². The number of rotatable bonds is 1. The highest BCUT2D eigenvalue weighted by atomic mass is 35.5. The van der Waals surface area contributed by atoms with Crippen molar-refractivity contribution < 1.29 is 5.11 Å². The Kier molecular flexibility index (Phi) is 3.21. The summed E-state index contributed by atoms with van der Waals surface area (Å²) < 4.78 is 0. The van der Waals surface area contributed by atoms with Gasteiger partial charge in [0.2, 0.25) is 0 Å². The zero-order valence-electron chi connectivity index (χ0n) is 13.9. The van der Waals surface area contributed by atoms with Crippen LogP contribution in [0.5, 0.6) is 5.75 Å². The number of nitrogens with one attached hydrogen (secondary N) is 1. The van der Waals surface area contributed by atoms with Crippen LogP contribution in [0.15, 0.2) is 18.2 Å². The Morgan fingerprint density at radius 3 is 2.83 bits per heavy atom. The normalized spacial score (nSPS) is 19.8. The Morgan fingerprint density at radius 2 is 2.13 bits per heavy atom. The summed E-state index contributed by atoms with van der Waals surface area (Å²) in [7, 11) is 0. The van der Waals surface area contributed by atoms with Crippen molar-refractivity contribution in [1.82, 2.24) is 0 Å². The van der Waals surface area contributed by atoms with Crippen molar-refractivity contribution in [1.29, 1.82) is 0 Å². The maximum Gasteiger partial charge on any atom is 0.125 e. The number of phenolic OH excluding ortho intramolecular Hbond substituents is 1. The van der Waals surface area contributed by atoms with Crippen LogP contribution in [0.4, 0.5) is 11.4 Å². The van der Waals surface area contributed by atoms with Gasteiger partial charge in [-0.05, 0) is 55.8 Å². The molecular formula is C19H23ClN2O. The molecule has 0 saturated carbocycles. The van der Waals surface area contributed by atoms with Gasteiger partial charge < -0.3 is 15.3 Å². The van der Waals surface area contributed by atoms with Crippen LogP contribution in [0.1, 0.15) is 37.8 Å². The predicted molar refractivity (Wildman–Crippen MR) is 98.4 cm³/mol. The summed E-state index contributed by atoms with van der Waals surface area (Å²) in [6.45, 7) is 8.52. The molecule has 2 aromatic rings. The van der Waals surface area contributed by atoms with Crippen molar-refractivity contribution in [3.05, 3.63) is 29.3 Å². The molecule has 2 aromatic carbocycles. The first kappa shape index (κ1) is 14.9. The van der Waals surface area contributed by atoms with Gasteiger partial charge in [-0.15, -0.1) is 11.6 Å². The highest BCUT2D eigenvalue weighted by molar-refractivity contribution is 6.19. The minimum Gasteiger partial charge on any atom is -0.507 e. The third-order valence-electron chi connectivity index (χ3n) is 5.20. The fourth-order valence-corrected chi connectivity index (χ4v) is 4.39. The zero-order valence-corrected chi connectivity index (χ0v) is 14.7. The smallest absolute Gasteiger partial charge is 0.125 e. The molecule has 0 radical (unpaired) electrons. The summed E-state index contributed by atoms with van der Waals surface area (Å²) in [6.07, 6.45) is 1.01. The van der Waals surface area contributed by atoms with E-state index in [9.17, 15) is 5.11 Å². The molecule has 0 amide bonds. The van der Waals surface area contributed by atoms with Gasteiger partial charge in [-0.3, -0.25) is 0 Å². The van der Waals surface area contributed by atoms with Crippen LogP contribution in [0.2, 0.25) is 0 Å². The minimum atomic E-state index is 0.00583. The second-order valence-corrected chi connectivity index (χ2v) is 7.96. The van der Waals surface area contributed by atoms with Crippen LogP contribution in [0, 0.1) is 0 Å². The maximum atomic E-state index is 10.6. The summed E-state index contributed by atoms with van der Waals surface area (Å²) in [5.41, 5.74) is 5.01. The van der Waals surface area contributed by atoms with E-state index in [1.165, 1.54) is 22.2 Å². The molecule has 0 aromatic heterocycles. The van der Waals surface area contributed by atoms with Crippen LogP contribution in [-0.2, 0) is 6.42 Å². The number of benzene rings is 2. The molecule has 4 rings (SSSR count). The largest absolute Gasteiger partial charge is 0.507 e. The van der Waals surface area contributed by atoms with Gasteiger partial charge in [0.05, 0.1) is 0 Å². The molecular weight excluding hydrogens is 308 g/mol. The van der Waals surface area contributed by atoms with Crippen LogP contribution >= 0.6 is 11.6 Å². The molecule has 1 unspecified atom stereocenters. The van der Waals surface area contributed by atoms with Crippen molar-refractivity contribution in [2.24, 2.45) is 0 Å². The van der Waals surface area contributed by atoms with E-state index >= 15 is 0 Å². The molecule has 0 fully saturated rings. The summed E-state index contributed by atoms with van der Waals surface area (Å²) in [5.74, 6) is 1.29. The highest BCUT2D eigenvalue weighted by Gasteiger charge is 2.37. The molecule has 23 heavy (non-hydrogen) atoms. The third-order valence-corrected chi connectivity index (χ3v) is 5.57. The molecule has 0 spiro atoms. The van der Waals surface area contributed by atoms with Gasteiger partial charge >= 0.3 is 0 Å². The molecule has 0 bridgehead atoms. The van der Waals surface area contributed by atoms with E-state index in [0.29, 0.717) is 17.5 Å². The molecule has 4 heteroatoms. The zero-order chi connectivity index (χ0) is 16.4. The van der Waals surface area contributed by atoms with E-state index in [0.717, 1.165) is 30.6 Å². The van der Waals surface area contributed by atoms with E-state index in [2.05, 4.69) is 37.1 Å². The van der Waals surface area contributed by atoms with Crippen LogP contribution in [0.25, 0.3) is 10.8 Å². The molecule has 2 heterocycles. The molecule has 122 valence electrons. The second kappa shape index (κ2) is 4.94. The van der Waals surface area contributed by atoms with E-state index in [4.69, 9.17) is 11.6 Å². The molecule has 0 aliphatic carbocycles. The third kappa shape index (κ3) is 2.09. The molecule has 1 atom stereocenters. The average Bonchev–Trinajstić information content (AvgIpc) is 3.09. The number of anilines is 2. The maximum absolute atomic E-state index is 10.6. The number of fused-ring (bicyclic) bond motifs is 5. The predicted octanol–water partition coefficient (Wildman–Crippen LogP) is 4.45. The number of aromatic hydroxyl groups is 1. The summed E-state index contributed by atoms with van der Waals surface area (Å²) in [6, 6.07) is 6.06. The first-order valence-electron chi connectivity index (χ1n) is 8.30. The van der Waals surface area contributed by atoms with Crippen molar-refractivity contribution in [2.45, 2.75) is 38.6 Å². The topological polar surface area (TPSA) is 35.5 Å². The molecule has 3 nitrogen and oxygen atoms in total. The molecule has 2 aliphatic rings. The van der Waals surface area contributed by atoms with E-state index in [1.54, 1.807) is 0 Å². The lowest BCUT2D eigenvalue weighted by Crippen LogP contribution is -2.40. The molecule has 2 N–H and O–H groups in total. The Balaban J connectivity index is 2.08. The van der Waals surface area contributed by atoms with Gasteiger partial charge in [0.25, 0.3) is 0 Å². The lowest BCUT2D eigenvalue weighted by Gasteiger charge is -2.35. The van der Waals surface area contributed by atoms with E-state index in [-0.39, 0.29) is 5.54 Å². The van der Waals surface area contributed by atoms with Gasteiger partial charge in [0.15, 0.2) is 0 Å². The second-order valence-electron chi connectivity index (χ2n) is 7.65. The number of hydrogen-bond acceptors (Lipinski definition) is 3. The Hall–Kier alpha value is -1.61. The van der Waals surface area contributed by atoms with Gasteiger partial charge in [-0.1, -0.05) is 0 Å².